The maximum atomic E-state index is 11.3. The van der Waals surface area contributed by atoms with E-state index in [0.29, 0.717) is 11.6 Å². The number of aryl methyl sites for hydroxylation is 1. The van der Waals surface area contributed by atoms with Gasteiger partial charge in [0.15, 0.2) is 0 Å². The van der Waals surface area contributed by atoms with Crippen molar-refractivity contribution in [2.45, 2.75) is 32.1 Å². The molecule has 4 heteroatoms. The molecule has 0 bridgehead atoms. The zero-order valence-corrected chi connectivity index (χ0v) is 11.1. The minimum atomic E-state index is -0.298. The zero-order valence-electron chi connectivity index (χ0n) is 9.46. The third-order valence-corrected chi connectivity index (χ3v) is 2.94. The van der Waals surface area contributed by atoms with E-state index in [2.05, 4.69) is 24.9 Å². The smallest absolute Gasteiger partial charge is 0.232 e. The number of amides is 1. The topological polar surface area (TPSA) is 29.1 Å². The molecule has 0 saturated heterocycles. The van der Waals surface area contributed by atoms with Crippen molar-refractivity contribution in [2.75, 3.05) is 0 Å². The molecule has 88 valence electrons. The van der Waals surface area contributed by atoms with Gasteiger partial charge in [-0.25, -0.2) is 0 Å². The maximum absolute atomic E-state index is 11.3. The van der Waals surface area contributed by atoms with Gasteiger partial charge in [0, 0.05) is 11.6 Å². The Morgan fingerprint density at radius 1 is 1.56 bits per heavy atom. The minimum absolute atomic E-state index is 0.0843. The second-order valence-corrected chi connectivity index (χ2v) is 4.85. The molecule has 1 amide bonds. The van der Waals surface area contributed by atoms with E-state index < -0.39 is 0 Å². The fourth-order valence-electron chi connectivity index (χ4n) is 1.28. The Morgan fingerprint density at radius 3 is 2.75 bits per heavy atom. The van der Waals surface area contributed by atoms with Crippen LogP contribution < -0.4 is 5.32 Å². The Labute approximate surface area is 107 Å². The summed E-state index contributed by atoms with van der Waals surface area (Å²) in [6, 6.07) is 5.91. The lowest BCUT2D eigenvalue weighted by Gasteiger charge is -2.09. The van der Waals surface area contributed by atoms with Crippen molar-refractivity contribution in [2.24, 2.45) is 0 Å². The fourth-order valence-corrected chi connectivity index (χ4v) is 1.65. The van der Waals surface area contributed by atoms with Gasteiger partial charge in [-0.05, 0) is 30.5 Å². The van der Waals surface area contributed by atoms with Crippen LogP contribution in [0.5, 0.6) is 0 Å². The first-order valence-electron chi connectivity index (χ1n) is 5.27. The van der Waals surface area contributed by atoms with Crippen molar-refractivity contribution in [3.63, 3.8) is 0 Å². The van der Waals surface area contributed by atoms with Gasteiger partial charge in [0.25, 0.3) is 0 Å². The van der Waals surface area contributed by atoms with E-state index in [4.69, 9.17) is 11.6 Å². The zero-order chi connectivity index (χ0) is 12.1. The monoisotopic (exact) mass is 257 g/mol. The Kier molecular flexibility index (Phi) is 5.16. The summed E-state index contributed by atoms with van der Waals surface area (Å²) in [6.07, 6.45) is 0.958. The molecule has 1 aromatic carbocycles. The number of hydrogen-bond acceptors (Lipinski definition) is 2. The van der Waals surface area contributed by atoms with Crippen molar-refractivity contribution in [3.05, 3.63) is 34.3 Å². The number of nitrogens with one attached hydrogen (secondary N) is 1. The van der Waals surface area contributed by atoms with Gasteiger partial charge in [0.2, 0.25) is 5.91 Å². The second kappa shape index (κ2) is 6.16. The first-order chi connectivity index (χ1) is 7.54. The predicted octanol–water partition coefficient (Wildman–Crippen LogP) is 2.84. The van der Waals surface area contributed by atoms with Crippen LogP contribution in [0.3, 0.4) is 0 Å². The fraction of sp³-hybridized carbons (Fsp3) is 0.417. The summed E-state index contributed by atoms with van der Waals surface area (Å²) in [5.41, 5.74) is 2.13. The molecule has 0 heterocycles. The summed E-state index contributed by atoms with van der Waals surface area (Å²) < 4.78 is 0. The molecule has 1 rings (SSSR count). The van der Waals surface area contributed by atoms with Gasteiger partial charge in [-0.1, -0.05) is 30.7 Å². The normalized spacial score (nSPS) is 12.2. The van der Waals surface area contributed by atoms with E-state index in [-0.39, 0.29) is 11.2 Å². The lowest BCUT2D eigenvalue weighted by molar-refractivity contribution is -0.120. The van der Waals surface area contributed by atoms with Gasteiger partial charge in [-0.15, -0.1) is 0 Å². The molecule has 0 aliphatic heterocycles. The van der Waals surface area contributed by atoms with Crippen molar-refractivity contribution < 1.29 is 4.79 Å². The van der Waals surface area contributed by atoms with Crippen LogP contribution in [-0.4, -0.2) is 11.2 Å². The summed E-state index contributed by atoms with van der Waals surface area (Å²) in [4.78, 5) is 11.3. The molecule has 0 saturated carbocycles. The van der Waals surface area contributed by atoms with Gasteiger partial charge in [-0.3, -0.25) is 4.79 Å². The van der Waals surface area contributed by atoms with Crippen LogP contribution in [0.15, 0.2) is 18.2 Å². The summed E-state index contributed by atoms with van der Waals surface area (Å²) in [5, 5.41) is 3.18. The molecule has 0 aromatic heterocycles. The molecule has 0 spiro atoms. The molecule has 16 heavy (non-hydrogen) atoms. The highest BCUT2D eigenvalue weighted by Gasteiger charge is 2.08. The van der Waals surface area contributed by atoms with Gasteiger partial charge in [0.1, 0.15) is 0 Å². The number of carbonyl (C=O) groups excluding carboxylic acids is 1. The quantitative estimate of drug-likeness (QED) is 0.798. The lowest BCUT2D eigenvalue weighted by Crippen LogP contribution is -2.29. The average molecular weight is 258 g/mol. The van der Waals surface area contributed by atoms with Crippen LogP contribution in [0.1, 0.15) is 25.0 Å². The first-order valence-corrected chi connectivity index (χ1v) is 6.17. The number of benzene rings is 1. The average Bonchev–Trinajstić information content (AvgIpc) is 2.26. The molecule has 1 aromatic rings. The highest BCUT2D eigenvalue weighted by Crippen LogP contribution is 2.18. The van der Waals surface area contributed by atoms with Gasteiger partial charge < -0.3 is 5.32 Å². The summed E-state index contributed by atoms with van der Waals surface area (Å²) in [6.45, 7) is 4.27. The van der Waals surface area contributed by atoms with E-state index >= 15 is 0 Å². The number of thiol groups is 1. The van der Waals surface area contributed by atoms with Crippen molar-refractivity contribution in [3.8, 4) is 0 Å². The minimum Gasteiger partial charge on any atom is -0.351 e. The van der Waals surface area contributed by atoms with Gasteiger partial charge >= 0.3 is 0 Å². The van der Waals surface area contributed by atoms with Crippen LogP contribution in [0.2, 0.25) is 5.02 Å². The van der Waals surface area contributed by atoms with E-state index in [1.165, 1.54) is 5.56 Å². The number of carbonyl (C=O) groups is 1. The highest BCUT2D eigenvalue weighted by molar-refractivity contribution is 7.81. The molecule has 2 nitrogen and oxygen atoms in total. The molecular weight excluding hydrogens is 242 g/mol. The number of halogens is 1. The van der Waals surface area contributed by atoms with Crippen LogP contribution in [-0.2, 0) is 17.8 Å². The predicted molar refractivity (Wildman–Crippen MR) is 71.1 cm³/mol. The van der Waals surface area contributed by atoms with E-state index in [9.17, 15) is 4.79 Å². The van der Waals surface area contributed by atoms with Crippen LogP contribution in [0.25, 0.3) is 0 Å². The standard InChI is InChI=1S/C12H16ClNOS/c1-3-9-4-5-10(11(13)6-9)7-14-12(15)8(2)16/h4-6,8,16H,3,7H2,1-2H3,(H,14,15). The van der Waals surface area contributed by atoms with E-state index in [1.807, 2.05) is 18.2 Å². The number of hydrogen-bond donors (Lipinski definition) is 2. The molecule has 1 atom stereocenters. The van der Waals surface area contributed by atoms with E-state index in [0.717, 1.165) is 12.0 Å². The van der Waals surface area contributed by atoms with E-state index in [1.54, 1.807) is 6.92 Å². The third kappa shape index (κ3) is 3.72. The Balaban J connectivity index is 2.64. The Bertz CT molecular complexity index is 379. The highest BCUT2D eigenvalue weighted by atomic mass is 35.5. The third-order valence-electron chi connectivity index (χ3n) is 2.36. The van der Waals surface area contributed by atoms with Crippen LogP contribution in [0.4, 0.5) is 0 Å². The van der Waals surface area contributed by atoms with Gasteiger partial charge in [0.05, 0.1) is 5.25 Å². The molecule has 0 radical (unpaired) electrons. The summed E-state index contributed by atoms with van der Waals surface area (Å²) in [7, 11) is 0. The molecule has 1 N–H and O–H groups in total. The van der Waals surface area contributed by atoms with Crippen molar-refractivity contribution in [1.82, 2.24) is 5.32 Å². The second-order valence-electron chi connectivity index (χ2n) is 3.67. The molecule has 0 fully saturated rings. The molecule has 0 aliphatic carbocycles. The summed E-state index contributed by atoms with van der Waals surface area (Å²) in [5.74, 6) is -0.0843. The molecule has 1 unspecified atom stereocenters. The Morgan fingerprint density at radius 2 is 2.25 bits per heavy atom. The molecular formula is C12H16ClNOS. The summed E-state index contributed by atoms with van der Waals surface area (Å²) >= 11 is 10.2. The maximum Gasteiger partial charge on any atom is 0.232 e. The number of rotatable bonds is 4. The lowest BCUT2D eigenvalue weighted by atomic mass is 10.1. The SMILES string of the molecule is CCc1ccc(CNC(=O)C(C)S)c(Cl)c1. The van der Waals surface area contributed by atoms with Crippen LogP contribution in [0, 0.1) is 0 Å². The Hall–Kier alpha value is -0.670. The first kappa shape index (κ1) is 13.4. The largest absolute Gasteiger partial charge is 0.351 e. The molecule has 0 aliphatic rings. The van der Waals surface area contributed by atoms with Crippen molar-refractivity contribution >= 4 is 30.1 Å². The van der Waals surface area contributed by atoms with Crippen LogP contribution >= 0.6 is 24.2 Å². The van der Waals surface area contributed by atoms with Gasteiger partial charge in [-0.2, -0.15) is 12.6 Å². The van der Waals surface area contributed by atoms with Crippen molar-refractivity contribution in [1.29, 1.82) is 0 Å².